The Balaban J connectivity index is 1.96. The van der Waals surface area contributed by atoms with Gasteiger partial charge in [0.05, 0.1) is 7.11 Å². The maximum atomic E-state index is 9.71. The molecule has 1 unspecified atom stereocenters. The Morgan fingerprint density at radius 2 is 1.74 bits per heavy atom. The van der Waals surface area contributed by atoms with Crippen LogP contribution in [0, 0.1) is 11.8 Å². The standard InChI is InChI=1S/C17H26O2/c1-19-17-10-8-14(9-11-17)12-16(13-18)15-6-4-2-3-5-7-15/h8-11,15-16,18H,2-7,12-13H2,1H3. The third-order valence-corrected chi connectivity index (χ3v) is 4.46. The van der Waals surface area contributed by atoms with Crippen LogP contribution in [0.3, 0.4) is 0 Å². The summed E-state index contributed by atoms with van der Waals surface area (Å²) in [5, 5.41) is 9.71. The first-order valence-corrected chi connectivity index (χ1v) is 7.57. The van der Waals surface area contributed by atoms with Gasteiger partial charge in [-0.3, -0.25) is 0 Å². The van der Waals surface area contributed by atoms with Crippen LogP contribution in [0.15, 0.2) is 24.3 Å². The molecule has 1 aliphatic rings. The molecule has 1 aliphatic carbocycles. The molecular weight excluding hydrogens is 236 g/mol. The average Bonchev–Trinajstić information content (AvgIpc) is 2.74. The molecule has 2 rings (SSSR count). The molecule has 19 heavy (non-hydrogen) atoms. The van der Waals surface area contributed by atoms with E-state index >= 15 is 0 Å². The predicted octanol–water partition coefficient (Wildman–Crippen LogP) is 3.82. The number of benzene rings is 1. The van der Waals surface area contributed by atoms with Gasteiger partial charge in [-0.15, -0.1) is 0 Å². The molecule has 1 N–H and O–H groups in total. The molecule has 0 radical (unpaired) electrons. The summed E-state index contributed by atoms with van der Waals surface area (Å²) in [7, 11) is 1.69. The van der Waals surface area contributed by atoms with Crippen molar-refractivity contribution < 1.29 is 9.84 Å². The molecule has 1 atom stereocenters. The summed E-state index contributed by atoms with van der Waals surface area (Å²) in [6.07, 6.45) is 9.00. The lowest BCUT2D eigenvalue weighted by molar-refractivity contribution is 0.163. The molecule has 0 amide bonds. The van der Waals surface area contributed by atoms with Gasteiger partial charge >= 0.3 is 0 Å². The Hall–Kier alpha value is -1.02. The van der Waals surface area contributed by atoms with Gasteiger partial charge in [-0.25, -0.2) is 0 Å². The van der Waals surface area contributed by atoms with Crippen molar-refractivity contribution in [1.29, 1.82) is 0 Å². The van der Waals surface area contributed by atoms with Crippen LogP contribution in [0.2, 0.25) is 0 Å². The third-order valence-electron chi connectivity index (χ3n) is 4.46. The Morgan fingerprint density at radius 3 is 2.26 bits per heavy atom. The van der Waals surface area contributed by atoms with Crippen LogP contribution in [0.25, 0.3) is 0 Å². The van der Waals surface area contributed by atoms with Crippen LogP contribution in [0.5, 0.6) is 5.75 Å². The highest BCUT2D eigenvalue weighted by Gasteiger charge is 2.22. The van der Waals surface area contributed by atoms with Gasteiger partial charge < -0.3 is 9.84 Å². The zero-order valence-electron chi connectivity index (χ0n) is 12.0. The molecule has 1 aromatic rings. The first-order valence-electron chi connectivity index (χ1n) is 7.57. The van der Waals surface area contributed by atoms with Crippen molar-refractivity contribution in [3.8, 4) is 5.75 Å². The number of aliphatic hydroxyl groups excluding tert-OH is 1. The second-order valence-electron chi connectivity index (χ2n) is 5.75. The normalized spacial score (nSPS) is 18.8. The van der Waals surface area contributed by atoms with Crippen molar-refractivity contribution in [2.75, 3.05) is 13.7 Å². The van der Waals surface area contributed by atoms with Crippen molar-refractivity contribution >= 4 is 0 Å². The highest BCUT2D eigenvalue weighted by molar-refractivity contribution is 5.27. The fraction of sp³-hybridized carbons (Fsp3) is 0.647. The molecule has 1 fully saturated rings. The molecule has 1 aromatic carbocycles. The molecule has 0 aromatic heterocycles. The van der Waals surface area contributed by atoms with E-state index < -0.39 is 0 Å². The van der Waals surface area contributed by atoms with E-state index in [9.17, 15) is 5.11 Å². The van der Waals surface area contributed by atoms with Crippen molar-refractivity contribution in [2.45, 2.75) is 44.9 Å². The molecule has 1 saturated carbocycles. The van der Waals surface area contributed by atoms with E-state index in [0.29, 0.717) is 18.4 Å². The van der Waals surface area contributed by atoms with E-state index in [4.69, 9.17) is 4.74 Å². The molecule has 2 nitrogen and oxygen atoms in total. The molecule has 106 valence electrons. The van der Waals surface area contributed by atoms with E-state index in [1.165, 1.54) is 44.1 Å². The number of ether oxygens (including phenoxy) is 1. The van der Waals surface area contributed by atoms with Crippen molar-refractivity contribution in [3.63, 3.8) is 0 Å². The van der Waals surface area contributed by atoms with Crippen LogP contribution in [0.1, 0.15) is 44.1 Å². The van der Waals surface area contributed by atoms with Gasteiger partial charge in [0.1, 0.15) is 5.75 Å². The lowest BCUT2D eigenvalue weighted by atomic mass is 9.82. The van der Waals surface area contributed by atoms with Gasteiger partial charge in [-0.05, 0) is 36.0 Å². The van der Waals surface area contributed by atoms with E-state index in [1.54, 1.807) is 7.11 Å². The monoisotopic (exact) mass is 262 g/mol. The maximum absolute atomic E-state index is 9.71. The molecule has 0 bridgehead atoms. The van der Waals surface area contributed by atoms with Crippen molar-refractivity contribution in [1.82, 2.24) is 0 Å². The number of rotatable bonds is 5. The Bertz CT molecular complexity index is 350. The SMILES string of the molecule is COc1ccc(CC(CO)C2CCCCCC2)cc1. The molecule has 0 saturated heterocycles. The molecule has 0 spiro atoms. The Kier molecular flexibility index (Phi) is 5.71. The minimum atomic E-state index is 0.316. The second-order valence-corrected chi connectivity index (χ2v) is 5.75. The maximum Gasteiger partial charge on any atom is 0.118 e. The summed E-state index contributed by atoms with van der Waals surface area (Å²) >= 11 is 0. The number of hydrogen-bond donors (Lipinski definition) is 1. The van der Waals surface area contributed by atoms with Gasteiger partial charge in [0.2, 0.25) is 0 Å². The van der Waals surface area contributed by atoms with E-state index in [2.05, 4.69) is 12.1 Å². The fourth-order valence-electron chi connectivity index (χ4n) is 3.23. The highest BCUT2D eigenvalue weighted by Crippen LogP contribution is 2.31. The third kappa shape index (κ3) is 4.24. The molecular formula is C17H26O2. The number of aliphatic hydroxyl groups is 1. The van der Waals surface area contributed by atoms with E-state index in [0.717, 1.165) is 12.2 Å². The summed E-state index contributed by atoms with van der Waals surface area (Å²) in [5.41, 5.74) is 1.31. The summed E-state index contributed by atoms with van der Waals surface area (Å²) in [6, 6.07) is 8.27. The van der Waals surface area contributed by atoms with Crippen molar-refractivity contribution in [2.24, 2.45) is 11.8 Å². The van der Waals surface area contributed by atoms with E-state index in [1.807, 2.05) is 12.1 Å². The smallest absolute Gasteiger partial charge is 0.118 e. The lowest BCUT2D eigenvalue weighted by Crippen LogP contribution is -2.20. The molecule has 0 aliphatic heterocycles. The summed E-state index contributed by atoms with van der Waals surface area (Å²) in [4.78, 5) is 0. The topological polar surface area (TPSA) is 29.5 Å². The summed E-state index contributed by atoms with van der Waals surface area (Å²) in [6.45, 7) is 0.316. The minimum Gasteiger partial charge on any atom is -0.497 e. The largest absolute Gasteiger partial charge is 0.497 e. The zero-order valence-corrected chi connectivity index (χ0v) is 12.0. The second kappa shape index (κ2) is 7.54. The van der Waals surface area contributed by atoms with Gasteiger partial charge in [0.15, 0.2) is 0 Å². The fourth-order valence-corrected chi connectivity index (χ4v) is 3.23. The van der Waals surface area contributed by atoms with Crippen LogP contribution in [0.4, 0.5) is 0 Å². The summed E-state index contributed by atoms with van der Waals surface area (Å²) in [5.74, 6) is 2.03. The lowest BCUT2D eigenvalue weighted by Gasteiger charge is -2.24. The first-order chi connectivity index (χ1) is 9.33. The van der Waals surface area contributed by atoms with Gasteiger partial charge in [0.25, 0.3) is 0 Å². The van der Waals surface area contributed by atoms with Crippen LogP contribution in [-0.2, 0) is 6.42 Å². The molecule has 0 heterocycles. The van der Waals surface area contributed by atoms with Gasteiger partial charge in [-0.2, -0.15) is 0 Å². The summed E-state index contributed by atoms with van der Waals surface area (Å²) < 4.78 is 5.18. The quantitative estimate of drug-likeness (QED) is 0.817. The number of hydrogen-bond acceptors (Lipinski definition) is 2. The van der Waals surface area contributed by atoms with Crippen LogP contribution in [-0.4, -0.2) is 18.8 Å². The first kappa shape index (κ1) is 14.4. The van der Waals surface area contributed by atoms with E-state index in [-0.39, 0.29) is 0 Å². The Morgan fingerprint density at radius 1 is 1.11 bits per heavy atom. The predicted molar refractivity (Wildman–Crippen MR) is 78.5 cm³/mol. The van der Waals surface area contributed by atoms with Crippen LogP contribution < -0.4 is 4.74 Å². The number of methoxy groups -OCH3 is 1. The van der Waals surface area contributed by atoms with Gasteiger partial charge in [-0.1, -0.05) is 50.7 Å². The highest BCUT2D eigenvalue weighted by atomic mass is 16.5. The van der Waals surface area contributed by atoms with Crippen LogP contribution >= 0.6 is 0 Å². The van der Waals surface area contributed by atoms with Crippen molar-refractivity contribution in [3.05, 3.63) is 29.8 Å². The minimum absolute atomic E-state index is 0.316. The molecule has 2 heteroatoms. The zero-order chi connectivity index (χ0) is 13.5. The Labute approximate surface area is 116 Å². The average molecular weight is 262 g/mol. The van der Waals surface area contributed by atoms with Gasteiger partial charge in [0, 0.05) is 6.61 Å².